The fourth-order valence-electron chi connectivity index (χ4n) is 2.40. The lowest BCUT2D eigenvalue weighted by molar-refractivity contribution is -0.161. The van der Waals surface area contributed by atoms with Crippen LogP contribution in [0.4, 0.5) is 0 Å². The molecule has 0 heterocycles. The summed E-state index contributed by atoms with van der Waals surface area (Å²) in [5.41, 5.74) is -1.21. The van der Waals surface area contributed by atoms with Crippen LogP contribution in [-0.2, 0) is 19.1 Å². The summed E-state index contributed by atoms with van der Waals surface area (Å²) in [5.74, 6) is -1.39. The van der Waals surface area contributed by atoms with E-state index in [-0.39, 0.29) is 5.92 Å². The topological polar surface area (TPSA) is 72.8 Å². The number of hydrogen-bond donors (Lipinski definition) is 1. The van der Waals surface area contributed by atoms with Gasteiger partial charge in [-0.2, -0.15) is 0 Å². The molecule has 1 fully saturated rings. The van der Waals surface area contributed by atoms with Crippen molar-refractivity contribution in [2.45, 2.75) is 45.1 Å². The lowest BCUT2D eigenvalue weighted by Gasteiger charge is -2.11. The maximum Gasteiger partial charge on any atom is 0.323 e. The highest BCUT2D eigenvalue weighted by atomic mass is 16.5. The van der Waals surface area contributed by atoms with Gasteiger partial charge in [-0.1, -0.05) is 38.3 Å². The molecule has 0 bridgehead atoms. The van der Waals surface area contributed by atoms with Crippen LogP contribution in [-0.4, -0.2) is 37.4 Å². The van der Waals surface area contributed by atoms with Crippen molar-refractivity contribution in [3.8, 4) is 0 Å². The van der Waals surface area contributed by atoms with Crippen molar-refractivity contribution >= 4 is 11.9 Å². The second-order valence-corrected chi connectivity index (χ2v) is 5.21. The summed E-state index contributed by atoms with van der Waals surface area (Å²) < 4.78 is 9.36. The zero-order chi connectivity index (χ0) is 15.2. The Morgan fingerprint density at radius 3 is 2.40 bits per heavy atom. The molecule has 0 aromatic heterocycles. The van der Waals surface area contributed by atoms with Crippen LogP contribution >= 0.6 is 0 Å². The number of aliphatic hydroxyl groups is 1. The van der Waals surface area contributed by atoms with Crippen LogP contribution in [0.1, 0.15) is 39.0 Å². The first-order valence-electron chi connectivity index (χ1n) is 7.06. The van der Waals surface area contributed by atoms with Crippen LogP contribution in [0.3, 0.4) is 0 Å². The van der Waals surface area contributed by atoms with Crippen molar-refractivity contribution in [3.05, 3.63) is 12.2 Å². The van der Waals surface area contributed by atoms with Gasteiger partial charge in [-0.25, -0.2) is 0 Å². The van der Waals surface area contributed by atoms with Crippen LogP contribution in [0.15, 0.2) is 12.2 Å². The molecule has 0 radical (unpaired) electrons. The maximum absolute atomic E-state index is 11.7. The highest BCUT2D eigenvalue weighted by Crippen LogP contribution is 2.55. The van der Waals surface area contributed by atoms with Crippen molar-refractivity contribution in [2.24, 2.45) is 11.3 Å². The van der Waals surface area contributed by atoms with Gasteiger partial charge in [0.2, 0.25) is 0 Å². The average Bonchev–Trinajstić information content (AvgIpc) is 3.19. The lowest BCUT2D eigenvalue weighted by atomic mass is 10.0. The fraction of sp³-hybridized carbons (Fsp3) is 0.733. The summed E-state index contributed by atoms with van der Waals surface area (Å²) in [5, 5.41) is 9.80. The van der Waals surface area contributed by atoms with E-state index in [4.69, 9.17) is 0 Å². The number of rotatable bonds is 8. The highest BCUT2D eigenvalue weighted by Gasteiger charge is 2.66. The second kappa shape index (κ2) is 7.43. The number of carbonyl (C=O) groups excluding carboxylic acids is 2. The van der Waals surface area contributed by atoms with E-state index in [2.05, 4.69) is 16.4 Å². The van der Waals surface area contributed by atoms with Crippen molar-refractivity contribution in [2.75, 3.05) is 14.2 Å². The van der Waals surface area contributed by atoms with Gasteiger partial charge in [-0.15, -0.1) is 0 Å². The fourth-order valence-corrected chi connectivity index (χ4v) is 2.40. The molecule has 0 aromatic rings. The van der Waals surface area contributed by atoms with E-state index in [1.807, 2.05) is 0 Å². The number of aliphatic hydroxyl groups excluding tert-OH is 1. The van der Waals surface area contributed by atoms with Gasteiger partial charge in [0.05, 0.1) is 20.3 Å². The predicted molar refractivity (Wildman–Crippen MR) is 73.9 cm³/mol. The summed E-state index contributed by atoms with van der Waals surface area (Å²) >= 11 is 0. The van der Waals surface area contributed by atoms with Crippen LogP contribution in [0.25, 0.3) is 0 Å². The highest BCUT2D eigenvalue weighted by molar-refractivity contribution is 6.04. The van der Waals surface area contributed by atoms with Gasteiger partial charge >= 0.3 is 11.9 Å². The van der Waals surface area contributed by atoms with Gasteiger partial charge in [0, 0.05) is 5.92 Å². The number of carbonyl (C=O) groups is 2. The lowest BCUT2D eigenvalue weighted by Crippen LogP contribution is -2.30. The molecule has 1 saturated carbocycles. The minimum Gasteiger partial charge on any atom is -0.468 e. The number of methoxy groups -OCH3 is 2. The Morgan fingerprint density at radius 1 is 1.30 bits per heavy atom. The Morgan fingerprint density at radius 2 is 1.90 bits per heavy atom. The molecule has 0 spiro atoms. The van der Waals surface area contributed by atoms with Gasteiger partial charge in [0.15, 0.2) is 5.41 Å². The molecule has 20 heavy (non-hydrogen) atoms. The summed E-state index contributed by atoms with van der Waals surface area (Å²) in [6.07, 6.45) is 7.08. The molecule has 0 amide bonds. The molecule has 1 N–H and O–H groups in total. The largest absolute Gasteiger partial charge is 0.468 e. The Kier molecular flexibility index (Phi) is 6.20. The molecule has 0 saturated heterocycles. The van der Waals surface area contributed by atoms with Gasteiger partial charge in [-0.05, 0) is 12.8 Å². The third kappa shape index (κ3) is 3.60. The van der Waals surface area contributed by atoms with Gasteiger partial charge in [0.1, 0.15) is 0 Å². The molecule has 0 aromatic carbocycles. The molecule has 0 aliphatic heterocycles. The van der Waals surface area contributed by atoms with E-state index in [1.54, 1.807) is 12.2 Å². The Bertz CT molecular complexity index is 358. The van der Waals surface area contributed by atoms with Crippen molar-refractivity contribution in [1.29, 1.82) is 0 Å². The standard InChI is InChI=1S/C15H24O5/c1-4-5-6-7-12(16)9-8-11-10-15(11,13(17)19-2)14(18)20-3/h8-9,11-12,16H,4-7,10H2,1-3H3/b9-8+. The molecular weight excluding hydrogens is 260 g/mol. The first-order valence-corrected chi connectivity index (χ1v) is 7.06. The second-order valence-electron chi connectivity index (χ2n) is 5.21. The smallest absolute Gasteiger partial charge is 0.323 e. The average molecular weight is 284 g/mol. The zero-order valence-corrected chi connectivity index (χ0v) is 12.4. The van der Waals surface area contributed by atoms with Crippen LogP contribution in [0.5, 0.6) is 0 Å². The van der Waals surface area contributed by atoms with E-state index < -0.39 is 23.5 Å². The normalized spacial score (nSPS) is 21.5. The van der Waals surface area contributed by atoms with Gasteiger partial charge < -0.3 is 14.6 Å². The Balaban J connectivity index is 2.57. The predicted octanol–water partition coefficient (Wildman–Crippen LogP) is 1.84. The molecule has 114 valence electrons. The molecule has 1 aliphatic carbocycles. The first-order chi connectivity index (χ1) is 9.52. The quantitative estimate of drug-likeness (QED) is 0.319. The summed E-state index contributed by atoms with van der Waals surface area (Å²) in [4.78, 5) is 23.5. The maximum atomic E-state index is 11.7. The molecule has 2 atom stereocenters. The Labute approximate surface area is 119 Å². The Hall–Kier alpha value is -1.36. The summed E-state index contributed by atoms with van der Waals surface area (Å²) in [7, 11) is 2.51. The van der Waals surface area contributed by atoms with Crippen LogP contribution in [0.2, 0.25) is 0 Å². The molecule has 1 aliphatic rings. The number of ether oxygens (including phenoxy) is 2. The number of esters is 2. The van der Waals surface area contributed by atoms with E-state index in [1.165, 1.54) is 14.2 Å². The van der Waals surface area contributed by atoms with Gasteiger partial charge in [0.25, 0.3) is 0 Å². The van der Waals surface area contributed by atoms with Gasteiger partial charge in [-0.3, -0.25) is 9.59 Å². The number of hydrogen-bond acceptors (Lipinski definition) is 5. The van der Waals surface area contributed by atoms with Crippen LogP contribution < -0.4 is 0 Å². The first kappa shape index (κ1) is 16.7. The molecule has 2 unspecified atom stereocenters. The summed E-state index contributed by atoms with van der Waals surface area (Å²) in [6.45, 7) is 2.10. The summed E-state index contributed by atoms with van der Waals surface area (Å²) in [6, 6.07) is 0. The van der Waals surface area contributed by atoms with E-state index in [9.17, 15) is 14.7 Å². The molecule has 5 heteroatoms. The zero-order valence-electron chi connectivity index (χ0n) is 12.4. The SMILES string of the molecule is CCCCCC(O)/C=C/C1CC1(C(=O)OC)C(=O)OC. The van der Waals surface area contributed by atoms with Crippen LogP contribution in [0, 0.1) is 11.3 Å². The monoisotopic (exact) mass is 284 g/mol. The number of allylic oxidation sites excluding steroid dienone is 1. The van der Waals surface area contributed by atoms with Crippen molar-refractivity contribution < 1.29 is 24.2 Å². The molecule has 5 nitrogen and oxygen atoms in total. The van der Waals surface area contributed by atoms with Crippen molar-refractivity contribution in [3.63, 3.8) is 0 Å². The van der Waals surface area contributed by atoms with Crippen molar-refractivity contribution in [1.82, 2.24) is 0 Å². The number of unbranched alkanes of at least 4 members (excludes halogenated alkanes) is 2. The van der Waals surface area contributed by atoms with E-state index >= 15 is 0 Å². The third-order valence-corrected chi connectivity index (χ3v) is 3.78. The minimum atomic E-state index is -1.21. The third-order valence-electron chi connectivity index (χ3n) is 3.78. The molecular formula is C15H24O5. The van der Waals surface area contributed by atoms with E-state index in [0.29, 0.717) is 12.8 Å². The van der Waals surface area contributed by atoms with E-state index in [0.717, 1.165) is 19.3 Å². The minimum absolute atomic E-state index is 0.247. The molecule has 1 rings (SSSR count).